The maximum absolute atomic E-state index is 12.0. The summed E-state index contributed by atoms with van der Waals surface area (Å²) >= 11 is 0. The summed E-state index contributed by atoms with van der Waals surface area (Å²) in [5.74, 6) is 0.527. The predicted octanol–water partition coefficient (Wildman–Crippen LogP) is 0.942. The van der Waals surface area contributed by atoms with Crippen LogP contribution in [0.1, 0.15) is 38.5 Å². The second-order valence-electron chi connectivity index (χ2n) is 5.14. The van der Waals surface area contributed by atoms with E-state index < -0.39 is 10.2 Å². The van der Waals surface area contributed by atoms with Gasteiger partial charge in [-0.25, -0.2) is 4.72 Å². The first-order valence-electron chi connectivity index (χ1n) is 6.92. The molecule has 1 fully saturated rings. The van der Waals surface area contributed by atoms with E-state index in [0.717, 1.165) is 25.8 Å². The van der Waals surface area contributed by atoms with Crippen LogP contribution in [0.4, 0.5) is 0 Å². The Balaban J connectivity index is 2.28. The minimum absolute atomic E-state index is 0.527. The molecule has 0 unspecified atom stereocenters. The predicted molar refractivity (Wildman–Crippen MR) is 74.7 cm³/mol. The molecule has 1 aliphatic carbocycles. The van der Waals surface area contributed by atoms with Crippen LogP contribution < -0.4 is 10.0 Å². The lowest BCUT2D eigenvalue weighted by Gasteiger charge is -2.23. The third kappa shape index (κ3) is 5.65. The fraction of sp³-hybridized carbons (Fsp3) is 1.00. The molecule has 1 aliphatic rings. The van der Waals surface area contributed by atoms with Crippen molar-refractivity contribution < 1.29 is 8.42 Å². The Morgan fingerprint density at radius 3 is 2.50 bits per heavy atom. The first-order valence-corrected chi connectivity index (χ1v) is 8.36. The Morgan fingerprint density at radius 2 is 1.89 bits per heavy atom. The summed E-state index contributed by atoms with van der Waals surface area (Å²) in [6.45, 7) is 1.99. The molecule has 18 heavy (non-hydrogen) atoms. The van der Waals surface area contributed by atoms with Crippen molar-refractivity contribution in [2.75, 3.05) is 33.7 Å². The van der Waals surface area contributed by atoms with E-state index in [1.54, 1.807) is 7.05 Å². The van der Waals surface area contributed by atoms with Gasteiger partial charge in [0.15, 0.2) is 0 Å². The summed E-state index contributed by atoms with van der Waals surface area (Å²) in [6.07, 6.45) is 6.93. The molecule has 0 aromatic heterocycles. The zero-order valence-corrected chi connectivity index (χ0v) is 12.4. The van der Waals surface area contributed by atoms with Crippen molar-refractivity contribution in [1.29, 1.82) is 0 Å². The van der Waals surface area contributed by atoms with E-state index in [2.05, 4.69) is 10.0 Å². The quantitative estimate of drug-likeness (QED) is 0.649. The number of hydrogen-bond donors (Lipinski definition) is 2. The molecule has 0 radical (unpaired) electrons. The minimum atomic E-state index is -3.28. The third-order valence-electron chi connectivity index (χ3n) is 3.59. The highest BCUT2D eigenvalue weighted by Crippen LogP contribution is 2.22. The van der Waals surface area contributed by atoms with Crippen LogP contribution in [0.5, 0.6) is 0 Å². The van der Waals surface area contributed by atoms with Gasteiger partial charge in [-0.2, -0.15) is 12.7 Å². The minimum Gasteiger partial charge on any atom is -0.320 e. The highest BCUT2D eigenvalue weighted by Gasteiger charge is 2.20. The lowest BCUT2D eigenvalue weighted by atomic mass is 9.90. The molecule has 0 atom stereocenters. The zero-order chi connectivity index (χ0) is 13.4. The van der Waals surface area contributed by atoms with Crippen molar-refractivity contribution >= 4 is 10.2 Å². The van der Waals surface area contributed by atoms with Crippen molar-refractivity contribution in [3.8, 4) is 0 Å². The molecule has 0 amide bonds. The highest BCUT2D eigenvalue weighted by atomic mass is 32.2. The number of nitrogens with one attached hydrogen (secondary N) is 2. The zero-order valence-electron chi connectivity index (χ0n) is 11.6. The van der Waals surface area contributed by atoms with Crippen LogP contribution in [0.25, 0.3) is 0 Å². The Morgan fingerprint density at radius 1 is 1.22 bits per heavy atom. The van der Waals surface area contributed by atoms with Gasteiger partial charge in [0.2, 0.25) is 0 Å². The Bertz CT molecular complexity index is 313. The van der Waals surface area contributed by atoms with Gasteiger partial charge in [0, 0.05) is 20.1 Å². The Hall–Kier alpha value is -0.170. The van der Waals surface area contributed by atoms with Gasteiger partial charge in [-0.1, -0.05) is 19.3 Å². The van der Waals surface area contributed by atoms with Gasteiger partial charge >= 0.3 is 0 Å². The molecular weight excluding hydrogens is 250 g/mol. The number of hydrogen-bond acceptors (Lipinski definition) is 3. The molecule has 0 heterocycles. The third-order valence-corrected chi connectivity index (χ3v) is 5.12. The monoisotopic (exact) mass is 277 g/mol. The van der Waals surface area contributed by atoms with E-state index in [-0.39, 0.29) is 0 Å². The highest BCUT2D eigenvalue weighted by molar-refractivity contribution is 7.87. The largest absolute Gasteiger partial charge is 0.320 e. The summed E-state index contributed by atoms with van der Waals surface area (Å²) in [5.41, 5.74) is 0. The van der Waals surface area contributed by atoms with Crippen molar-refractivity contribution in [2.45, 2.75) is 38.5 Å². The topological polar surface area (TPSA) is 61.4 Å². The fourth-order valence-electron chi connectivity index (χ4n) is 2.32. The van der Waals surface area contributed by atoms with Gasteiger partial charge in [0.05, 0.1) is 0 Å². The van der Waals surface area contributed by atoms with Gasteiger partial charge in [0.25, 0.3) is 10.2 Å². The molecule has 1 saturated carbocycles. The number of nitrogens with zero attached hydrogens (tertiary/aromatic N) is 1. The average Bonchev–Trinajstić information content (AvgIpc) is 2.38. The summed E-state index contributed by atoms with van der Waals surface area (Å²) in [5, 5.41) is 3.02. The van der Waals surface area contributed by atoms with Crippen LogP contribution in [0.3, 0.4) is 0 Å². The summed E-state index contributed by atoms with van der Waals surface area (Å²) < 4.78 is 28.1. The summed E-state index contributed by atoms with van der Waals surface area (Å²) in [6, 6.07) is 0. The summed E-state index contributed by atoms with van der Waals surface area (Å²) in [7, 11) is 0.224. The maximum atomic E-state index is 12.0. The van der Waals surface area contributed by atoms with Crippen molar-refractivity contribution in [3.63, 3.8) is 0 Å². The molecule has 1 rings (SSSR count). The first-order chi connectivity index (χ1) is 8.56. The van der Waals surface area contributed by atoms with E-state index in [9.17, 15) is 8.42 Å². The van der Waals surface area contributed by atoms with E-state index in [0.29, 0.717) is 19.0 Å². The lowest BCUT2D eigenvalue weighted by molar-refractivity contribution is 0.352. The molecule has 0 aromatic rings. The summed E-state index contributed by atoms with van der Waals surface area (Å²) in [4.78, 5) is 0. The van der Waals surface area contributed by atoms with E-state index in [4.69, 9.17) is 0 Å². The molecule has 0 aliphatic heterocycles. The van der Waals surface area contributed by atoms with Crippen LogP contribution in [0, 0.1) is 5.92 Å². The first kappa shape index (κ1) is 15.9. The average molecular weight is 277 g/mol. The lowest BCUT2D eigenvalue weighted by Crippen LogP contribution is -2.41. The van der Waals surface area contributed by atoms with Crippen LogP contribution in [-0.2, 0) is 10.2 Å². The van der Waals surface area contributed by atoms with Gasteiger partial charge < -0.3 is 5.32 Å². The van der Waals surface area contributed by atoms with Crippen molar-refractivity contribution in [3.05, 3.63) is 0 Å². The van der Waals surface area contributed by atoms with Gasteiger partial charge in [-0.05, 0) is 38.8 Å². The molecule has 0 bridgehead atoms. The van der Waals surface area contributed by atoms with E-state index in [1.807, 2.05) is 7.05 Å². The molecule has 0 saturated heterocycles. The van der Waals surface area contributed by atoms with Crippen LogP contribution in [0.2, 0.25) is 0 Å². The standard InChI is InChI=1S/C12H27N3O2S/c1-13-9-6-10-15(2)18(16,17)14-11-12-7-4-3-5-8-12/h12-14H,3-11H2,1-2H3. The molecule has 6 heteroatoms. The molecular formula is C12H27N3O2S. The van der Waals surface area contributed by atoms with Crippen LogP contribution >= 0.6 is 0 Å². The van der Waals surface area contributed by atoms with Gasteiger partial charge in [0.1, 0.15) is 0 Å². The SMILES string of the molecule is CNCCCN(C)S(=O)(=O)NCC1CCCCC1. The van der Waals surface area contributed by atoms with Gasteiger partial charge in [-0.15, -0.1) is 0 Å². The maximum Gasteiger partial charge on any atom is 0.279 e. The molecule has 2 N–H and O–H groups in total. The fourth-order valence-corrected chi connectivity index (χ4v) is 3.36. The molecule has 5 nitrogen and oxygen atoms in total. The number of rotatable bonds is 8. The normalized spacial score (nSPS) is 18.4. The Labute approximate surface area is 112 Å². The van der Waals surface area contributed by atoms with Gasteiger partial charge in [-0.3, -0.25) is 0 Å². The van der Waals surface area contributed by atoms with Crippen LogP contribution in [0.15, 0.2) is 0 Å². The molecule has 108 valence electrons. The van der Waals surface area contributed by atoms with Crippen molar-refractivity contribution in [2.24, 2.45) is 5.92 Å². The molecule has 0 spiro atoms. The Kier molecular flexibility index (Phi) is 7.14. The van der Waals surface area contributed by atoms with E-state index in [1.165, 1.54) is 23.6 Å². The second-order valence-corrected chi connectivity index (χ2v) is 7.00. The second kappa shape index (κ2) is 8.09. The smallest absolute Gasteiger partial charge is 0.279 e. The van der Waals surface area contributed by atoms with Crippen molar-refractivity contribution in [1.82, 2.24) is 14.3 Å². The molecule has 0 aromatic carbocycles. The van der Waals surface area contributed by atoms with E-state index >= 15 is 0 Å². The van der Waals surface area contributed by atoms with Crippen LogP contribution in [-0.4, -0.2) is 46.5 Å².